The molecule has 1 atom stereocenters. The van der Waals surface area contributed by atoms with Gasteiger partial charge in [0.15, 0.2) is 0 Å². The molecule has 0 aliphatic rings. The molecule has 0 saturated heterocycles. The number of rotatable bonds is 3. The lowest BCUT2D eigenvalue weighted by molar-refractivity contribution is 0.284. The first-order chi connectivity index (χ1) is 7.99. The molecule has 0 amide bonds. The minimum absolute atomic E-state index is 0. The van der Waals surface area contributed by atoms with Crippen LogP contribution in [0.5, 0.6) is 0 Å². The Morgan fingerprint density at radius 1 is 1.44 bits per heavy atom. The van der Waals surface area contributed by atoms with E-state index in [0.717, 1.165) is 11.0 Å². The van der Waals surface area contributed by atoms with Gasteiger partial charge >= 0.3 is 5.69 Å². The Morgan fingerprint density at radius 2 is 2.11 bits per heavy atom. The summed E-state index contributed by atoms with van der Waals surface area (Å²) in [5, 5.41) is 0.641. The summed E-state index contributed by atoms with van der Waals surface area (Å²) >= 11 is 5.96. The molecule has 2 aromatic rings. The van der Waals surface area contributed by atoms with Gasteiger partial charge in [0.2, 0.25) is 0 Å². The average molecular weight is 290 g/mol. The number of halogens is 2. The lowest BCUT2D eigenvalue weighted by Gasteiger charge is -2.19. The van der Waals surface area contributed by atoms with Crippen molar-refractivity contribution < 1.29 is 0 Å². The second kappa shape index (κ2) is 5.78. The molecule has 1 aromatic heterocycles. The average Bonchev–Trinajstić information content (AvgIpc) is 2.55. The third-order valence-electron chi connectivity index (χ3n) is 3.07. The molecule has 4 nitrogen and oxygen atoms in total. The molecule has 0 fully saturated rings. The van der Waals surface area contributed by atoms with Crippen molar-refractivity contribution in [3.8, 4) is 0 Å². The minimum Gasteiger partial charge on any atom is -0.306 e. The maximum absolute atomic E-state index is 11.9. The maximum Gasteiger partial charge on any atom is 0.326 e. The Labute approximate surface area is 117 Å². The predicted molar refractivity (Wildman–Crippen MR) is 78.0 cm³/mol. The minimum atomic E-state index is -0.0871. The van der Waals surface area contributed by atoms with Gasteiger partial charge in [0, 0.05) is 17.6 Å². The van der Waals surface area contributed by atoms with Gasteiger partial charge < -0.3 is 9.88 Å². The summed E-state index contributed by atoms with van der Waals surface area (Å²) in [4.78, 5) is 16.8. The van der Waals surface area contributed by atoms with Crippen molar-refractivity contribution >= 4 is 35.0 Å². The molecule has 0 saturated carbocycles. The van der Waals surface area contributed by atoms with Crippen molar-refractivity contribution in [3.05, 3.63) is 33.7 Å². The SMILES string of the molecule is CC(Cn1c(=O)[nH]c2ccc(Cl)cc21)N(C)C.Cl. The van der Waals surface area contributed by atoms with Gasteiger partial charge in [-0.25, -0.2) is 4.79 Å². The van der Waals surface area contributed by atoms with Crippen LogP contribution in [0, 0.1) is 0 Å². The fourth-order valence-corrected chi connectivity index (χ4v) is 1.90. The molecule has 0 radical (unpaired) electrons. The lowest BCUT2D eigenvalue weighted by atomic mass is 10.3. The summed E-state index contributed by atoms with van der Waals surface area (Å²) in [6, 6.07) is 5.71. The van der Waals surface area contributed by atoms with Crippen molar-refractivity contribution in [2.75, 3.05) is 14.1 Å². The molecule has 0 spiro atoms. The van der Waals surface area contributed by atoms with Crippen LogP contribution in [0.25, 0.3) is 11.0 Å². The van der Waals surface area contributed by atoms with Crippen LogP contribution in [0.15, 0.2) is 23.0 Å². The summed E-state index contributed by atoms with van der Waals surface area (Å²) < 4.78 is 1.73. The zero-order valence-electron chi connectivity index (χ0n) is 10.6. The van der Waals surface area contributed by atoms with Crippen LogP contribution in [0.4, 0.5) is 0 Å². The third-order valence-corrected chi connectivity index (χ3v) is 3.30. The van der Waals surface area contributed by atoms with E-state index in [0.29, 0.717) is 11.6 Å². The third kappa shape index (κ3) is 2.88. The highest BCUT2D eigenvalue weighted by Gasteiger charge is 2.11. The van der Waals surface area contributed by atoms with Gasteiger partial charge in [-0.2, -0.15) is 0 Å². The molecule has 1 N–H and O–H groups in total. The molecule has 0 aliphatic heterocycles. The summed E-state index contributed by atoms with van der Waals surface area (Å²) in [7, 11) is 4.00. The quantitative estimate of drug-likeness (QED) is 0.942. The van der Waals surface area contributed by atoms with E-state index >= 15 is 0 Å². The van der Waals surface area contributed by atoms with Crippen molar-refractivity contribution in [3.63, 3.8) is 0 Å². The van der Waals surface area contributed by atoms with Crippen LogP contribution in [-0.4, -0.2) is 34.6 Å². The van der Waals surface area contributed by atoms with Gasteiger partial charge in [0.25, 0.3) is 0 Å². The Kier molecular flexibility index (Phi) is 4.85. The van der Waals surface area contributed by atoms with E-state index < -0.39 is 0 Å². The predicted octanol–water partition coefficient (Wildman–Crippen LogP) is 2.35. The van der Waals surface area contributed by atoms with E-state index in [1.54, 1.807) is 10.6 Å². The van der Waals surface area contributed by atoms with Crippen LogP contribution in [0.2, 0.25) is 5.02 Å². The van der Waals surface area contributed by atoms with Gasteiger partial charge in [-0.15, -0.1) is 12.4 Å². The number of fused-ring (bicyclic) bond motifs is 1. The van der Waals surface area contributed by atoms with Crippen LogP contribution in [0.1, 0.15) is 6.92 Å². The number of H-pyrrole nitrogens is 1. The van der Waals surface area contributed by atoms with Crippen molar-refractivity contribution in [1.82, 2.24) is 14.5 Å². The molecular weight excluding hydrogens is 273 g/mol. The van der Waals surface area contributed by atoms with Crippen LogP contribution < -0.4 is 5.69 Å². The summed E-state index contributed by atoms with van der Waals surface area (Å²) in [6.07, 6.45) is 0. The fourth-order valence-electron chi connectivity index (χ4n) is 1.73. The number of nitrogens with zero attached hydrogens (tertiary/aromatic N) is 2. The van der Waals surface area contributed by atoms with Crippen molar-refractivity contribution in [1.29, 1.82) is 0 Å². The van der Waals surface area contributed by atoms with Crippen molar-refractivity contribution in [2.45, 2.75) is 19.5 Å². The second-order valence-electron chi connectivity index (χ2n) is 4.51. The molecule has 1 aromatic carbocycles. The first-order valence-corrected chi connectivity index (χ1v) is 5.91. The Hall–Kier alpha value is -0.970. The van der Waals surface area contributed by atoms with E-state index in [1.165, 1.54) is 0 Å². The number of hydrogen-bond acceptors (Lipinski definition) is 2. The standard InChI is InChI=1S/C12H16ClN3O.ClH/c1-8(15(2)3)7-16-11-6-9(13)4-5-10(11)14-12(16)17;/h4-6,8H,7H2,1-3H3,(H,14,17);1H. The van der Waals surface area contributed by atoms with Crippen LogP contribution in [-0.2, 0) is 6.54 Å². The number of nitrogens with one attached hydrogen (secondary N) is 1. The topological polar surface area (TPSA) is 41.0 Å². The van der Waals surface area contributed by atoms with Gasteiger partial charge in [0.05, 0.1) is 11.0 Å². The van der Waals surface area contributed by atoms with E-state index in [1.807, 2.05) is 26.2 Å². The largest absolute Gasteiger partial charge is 0.326 e. The number of likely N-dealkylation sites (N-methyl/N-ethyl adjacent to an activating group) is 1. The molecular formula is C12H17Cl2N3O. The number of aromatic nitrogens is 2. The fraction of sp³-hybridized carbons (Fsp3) is 0.417. The zero-order valence-corrected chi connectivity index (χ0v) is 12.2. The second-order valence-corrected chi connectivity index (χ2v) is 4.95. The molecule has 0 bridgehead atoms. The first kappa shape index (κ1) is 15.1. The van der Waals surface area contributed by atoms with E-state index in [9.17, 15) is 4.79 Å². The van der Waals surface area contributed by atoms with Gasteiger partial charge in [-0.05, 0) is 39.2 Å². The van der Waals surface area contributed by atoms with E-state index in [4.69, 9.17) is 11.6 Å². The smallest absolute Gasteiger partial charge is 0.306 e. The van der Waals surface area contributed by atoms with Crippen LogP contribution in [0.3, 0.4) is 0 Å². The summed E-state index contributed by atoms with van der Waals surface area (Å²) in [5.74, 6) is 0. The van der Waals surface area contributed by atoms with Crippen LogP contribution >= 0.6 is 24.0 Å². The highest BCUT2D eigenvalue weighted by atomic mass is 35.5. The number of hydrogen-bond donors (Lipinski definition) is 1. The normalized spacial score (nSPS) is 12.7. The number of aromatic amines is 1. The molecule has 6 heteroatoms. The molecule has 1 heterocycles. The number of imidazole rings is 1. The molecule has 1 unspecified atom stereocenters. The highest BCUT2D eigenvalue weighted by Crippen LogP contribution is 2.17. The van der Waals surface area contributed by atoms with Gasteiger partial charge in [0.1, 0.15) is 0 Å². The lowest BCUT2D eigenvalue weighted by Crippen LogP contribution is -2.32. The summed E-state index contributed by atoms with van der Waals surface area (Å²) in [6.45, 7) is 2.72. The maximum atomic E-state index is 11.9. The molecule has 0 aliphatic carbocycles. The molecule has 18 heavy (non-hydrogen) atoms. The Bertz CT molecular complexity index is 589. The van der Waals surface area contributed by atoms with Gasteiger partial charge in [-0.1, -0.05) is 11.6 Å². The number of benzene rings is 1. The first-order valence-electron chi connectivity index (χ1n) is 5.53. The molecule has 100 valence electrons. The van der Waals surface area contributed by atoms with E-state index in [-0.39, 0.29) is 24.1 Å². The monoisotopic (exact) mass is 289 g/mol. The Morgan fingerprint density at radius 3 is 2.72 bits per heavy atom. The highest BCUT2D eigenvalue weighted by molar-refractivity contribution is 6.31. The zero-order chi connectivity index (χ0) is 12.6. The Balaban J connectivity index is 0.00000162. The van der Waals surface area contributed by atoms with Gasteiger partial charge in [-0.3, -0.25) is 4.57 Å². The van der Waals surface area contributed by atoms with Crippen molar-refractivity contribution in [2.24, 2.45) is 0 Å². The van der Waals surface area contributed by atoms with E-state index in [2.05, 4.69) is 16.8 Å². The molecule has 2 rings (SSSR count). The summed E-state index contributed by atoms with van der Waals surface area (Å²) in [5.41, 5.74) is 1.59.